The molecule has 0 amide bonds. The Hall–Kier alpha value is -1.14. The van der Waals surface area contributed by atoms with E-state index in [2.05, 4.69) is 10.3 Å². The van der Waals surface area contributed by atoms with Crippen molar-refractivity contribution in [2.24, 2.45) is 10.3 Å². The van der Waals surface area contributed by atoms with E-state index < -0.39 is 12.1 Å². The van der Waals surface area contributed by atoms with Crippen molar-refractivity contribution in [3.05, 3.63) is 0 Å². The van der Waals surface area contributed by atoms with Crippen molar-refractivity contribution in [3.63, 3.8) is 0 Å². The molecule has 6 heteroatoms. The number of oxime groups is 2. The molecule has 0 saturated carbocycles. The van der Waals surface area contributed by atoms with E-state index in [-0.39, 0.29) is 0 Å². The summed E-state index contributed by atoms with van der Waals surface area (Å²) in [5.41, 5.74) is 0.759. The predicted molar refractivity (Wildman–Crippen MR) is 52.3 cm³/mol. The summed E-state index contributed by atoms with van der Waals surface area (Å²) in [7, 11) is 0. The Labute approximate surface area is 83.1 Å². The van der Waals surface area contributed by atoms with E-state index in [4.69, 9.17) is 10.4 Å². The van der Waals surface area contributed by atoms with Crippen LogP contribution in [0.2, 0.25) is 0 Å². The van der Waals surface area contributed by atoms with Gasteiger partial charge in [-0.2, -0.15) is 5.06 Å². The van der Waals surface area contributed by atoms with Crippen LogP contribution in [-0.2, 0) is 0 Å². The van der Waals surface area contributed by atoms with E-state index in [1.54, 1.807) is 27.7 Å². The highest BCUT2D eigenvalue weighted by molar-refractivity contribution is 5.89. The maximum atomic E-state index is 9.64. The van der Waals surface area contributed by atoms with Crippen LogP contribution >= 0.6 is 0 Å². The van der Waals surface area contributed by atoms with Crippen molar-refractivity contribution in [1.82, 2.24) is 5.06 Å². The van der Waals surface area contributed by atoms with Gasteiger partial charge in [-0.15, -0.1) is 0 Å². The van der Waals surface area contributed by atoms with E-state index >= 15 is 0 Å². The maximum Gasteiger partial charge on any atom is 0.0741 e. The lowest BCUT2D eigenvalue weighted by atomic mass is 10.1. The first-order valence-electron chi connectivity index (χ1n) is 4.30. The predicted octanol–water partition coefficient (Wildman–Crippen LogP) is 1.15. The molecule has 0 aromatic rings. The Bertz CT molecular complexity index is 216. The van der Waals surface area contributed by atoms with Crippen molar-refractivity contribution in [2.75, 3.05) is 0 Å². The molecule has 0 rings (SSSR count). The van der Waals surface area contributed by atoms with Gasteiger partial charge >= 0.3 is 0 Å². The van der Waals surface area contributed by atoms with Gasteiger partial charge < -0.3 is 15.6 Å². The van der Waals surface area contributed by atoms with Gasteiger partial charge in [0, 0.05) is 0 Å². The summed E-state index contributed by atoms with van der Waals surface area (Å²) in [6.45, 7) is 6.53. The highest BCUT2D eigenvalue weighted by Gasteiger charge is 2.22. The summed E-state index contributed by atoms with van der Waals surface area (Å²) in [5.74, 6) is 0. The molecular weight excluding hydrogens is 186 g/mol. The van der Waals surface area contributed by atoms with Crippen LogP contribution < -0.4 is 0 Å². The Morgan fingerprint density at radius 2 is 1.29 bits per heavy atom. The molecule has 0 fully saturated rings. The normalized spacial score (nSPS) is 18.4. The van der Waals surface area contributed by atoms with Crippen molar-refractivity contribution >= 4 is 11.4 Å². The third-order valence-corrected chi connectivity index (χ3v) is 2.32. The zero-order valence-electron chi connectivity index (χ0n) is 8.84. The molecule has 0 aliphatic rings. The van der Waals surface area contributed by atoms with Crippen LogP contribution in [0.4, 0.5) is 0 Å². The Morgan fingerprint density at radius 3 is 1.50 bits per heavy atom. The maximum absolute atomic E-state index is 9.64. The average Bonchev–Trinajstić information content (AvgIpc) is 2.23. The fourth-order valence-corrected chi connectivity index (χ4v) is 0.885. The van der Waals surface area contributed by atoms with E-state index in [0.29, 0.717) is 11.4 Å². The highest BCUT2D eigenvalue weighted by atomic mass is 16.5. The molecule has 14 heavy (non-hydrogen) atoms. The van der Waals surface area contributed by atoms with Crippen LogP contribution in [0, 0.1) is 0 Å². The monoisotopic (exact) mass is 203 g/mol. The van der Waals surface area contributed by atoms with Gasteiger partial charge in [0.15, 0.2) is 0 Å². The number of hydrogen-bond acceptors (Lipinski definition) is 6. The second-order valence-electron chi connectivity index (χ2n) is 3.21. The first-order valence-corrected chi connectivity index (χ1v) is 4.30. The minimum atomic E-state index is -0.438. The molecule has 2 atom stereocenters. The summed E-state index contributed by atoms with van der Waals surface area (Å²) in [4.78, 5) is 0. The molecule has 0 saturated heterocycles. The second-order valence-corrected chi connectivity index (χ2v) is 3.21. The van der Waals surface area contributed by atoms with Gasteiger partial charge in [-0.25, -0.2) is 0 Å². The van der Waals surface area contributed by atoms with Gasteiger partial charge in [-0.1, -0.05) is 10.3 Å². The van der Waals surface area contributed by atoms with Crippen LogP contribution in [-0.4, -0.2) is 44.2 Å². The molecule has 0 radical (unpaired) electrons. The van der Waals surface area contributed by atoms with E-state index in [1.807, 2.05) is 0 Å². The fourth-order valence-electron chi connectivity index (χ4n) is 0.885. The zero-order valence-corrected chi connectivity index (χ0v) is 8.84. The molecule has 0 aromatic carbocycles. The minimum absolute atomic E-state index is 0.380. The Balaban J connectivity index is 4.54. The van der Waals surface area contributed by atoms with Gasteiger partial charge in [0.25, 0.3) is 0 Å². The minimum Gasteiger partial charge on any atom is -0.411 e. The lowest BCUT2D eigenvalue weighted by molar-refractivity contribution is -0.116. The number of nitrogens with zero attached hydrogens (tertiary/aromatic N) is 3. The molecule has 3 N–H and O–H groups in total. The van der Waals surface area contributed by atoms with Crippen molar-refractivity contribution in [2.45, 2.75) is 39.8 Å². The zero-order chi connectivity index (χ0) is 11.3. The van der Waals surface area contributed by atoms with Gasteiger partial charge in [-0.05, 0) is 27.7 Å². The van der Waals surface area contributed by atoms with Crippen molar-refractivity contribution < 1.29 is 15.6 Å². The first-order chi connectivity index (χ1) is 6.45. The largest absolute Gasteiger partial charge is 0.411 e. The van der Waals surface area contributed by atoms with Crippen LogP contribution in [0.1, 0.15) is 27.7 Å². The summed E-state index contributed by atoms with van der Waals surface area (Å²) in [6.07, 6.45) is 0. The molecule has 0 aliphatic heterocycles. The molecule has 6 nitrogen and oxygen atoms in total. The third-order valence-electron chi connectivity index (χ3n) is 2.32. The van der Waals surface area contributed by atoms with Crippen molar-refractivity contribution in [1.29, 1.82) is 0 Å². The highest BCUT2D eigenvalue weighted by Crippen LogP contribution is 2.05. The molecule has 0 spiro atoms. The number of rotatable bonds is 4. The standard InChI is InChI=1S/C8H17N3O3/c1-5(9-12)7(3)11(14)8(4)6(2)10-13/h7-8,12-14H,1-4H3/b9-5-,10-6+/t7-,8-/m1/s1. The number of hydrogen-bond donors (Lipinski definition) is 3. The fraction of sp³-hybridized carbons (Fsp3) is 0.750. The van der Waals surface area contributed by atoms with E-state index in [1.165, 1.54) is 0 Å². The molecule has 0 aliphatic carbocycles. The molecular formula is C8H17N3O3. The van der Waals surface area contributed by atoms with E-state index in [9.17, 15) is 5.21 Å². The molecule has 0 bridgehead atoms. The molecule has 0 heterocycles. The summed E-state index contributed by atoms with van der Waals surface area (Å²) < 4.78 is 0. The van der Waals surface area contributed by atoms with Crippen LogP contribution in [0.3, 0.4) is 0 Å². The lowest BCUT2D eigenvalue weighted by Gasteiger charge is -2.27. The van der Waals surface area contributed by atoms with Crippen LogP contribution in [0.25, 0.3) is 0 Å². The first kappa shape index (κ1) is 12.9. The topological polar surface area (TPSA) is 88.7 Å². The Kier molecular flexibility index (Phi) is 5.11. The third kappa shape index (κ3) is 2.97. The summed E-state index contributed by atoms with van der Waals surface area (Å²) >= 11 is 0. The van der Waals surface area contributed by atoms with Gasteiger partial charge in [-0.3, -0.25) is 0 Å². The summed E-state index contributed by atoms with van der Waals surface area (Å²) in [5, 5.41) is 33.6. The SMILES string of the molecule is C/C(=N/O)[C@@H](C)N(O)[C@H](C)/C(C)=N/O. The van der Waals surface area contributed by atoms with Crippen LogP contribution in [0.5, 0.6) is 0 Å². The Morgan fingerprint density at radius 1 is 1.00 bits per heavy atom. The quantitative estimate of drug-likeness (QED) is 0.363. The average molecular weight is 203 g/mol. The lowest BCUT2D eigenvalue weighted by Crippen LogP contribution is -2.44. The smallest absolute Gasteiger partial charge is 0.0741 e. The summed E-state index contributed by atoms with van der Waals surface area (Å²) in [6, 6.07) is -0.876. The molecule has 0 aromatic heterocycles. The molecule has 0 unspecified atom stereocenters. The van der Waals surface area contributed by atoms with E-state index in [0.717, 1.165) is 5.06 Å². The van der Waals surface area contributed by atoms with Gasteiger partial charge in [0.05, 0.1) is 23.5 Å². The van der Waals surface area contributed by atoms with Gasteiger partial charge in [0.2, 0.25) is 0 Å². The number of hydroxylamine groups is 2. The molecule has 82 valence electrons. The van der Waals surface area contributed by atoms with Crippen molar-refractivity contribution in [3.8, 4) is 0 Å². The second kappa shape index (κ2) is 5.56. The van der Waals surface area contributed by atoms with Gasteiger partial charge in [0.1, 0.15) is 0 Å². The van der Waals surface area contributed by atoms with Crippen LogP contribution in [0.15, 0.2) is 10.3 Å².